The molecule has 0 unspecified atom stereocenters. The first-order valence-electron chi connectivity index (χ1n) is 11.0. The van der Waals surface area contributed by atoms with Gasteiger partial charge in [0.05, 0.1) is 10.9 Å². The van der Waals surface area contributed by atoms with Gasteiger partial charge in [0, 0.05) is 39.3 Å². The molecule has 2 saturated heterocycles. The molecule has 2 aliphatic heterocycles. The fourth-order valence-electron chi connectivity index (χ4n) is 4.52. The van der Waals surface area contributed by atoms with Crippen LogP contribution in [-0.4, -0.2) is 73.7 Å². The Morgan fingerprint density at radius 1 is 0.833 bits per heavy atom. The molecule has 2 heterocycles. The molecule has 0 spiro atoms. The molecule has 6 nitrogen and oxygen atoms in total. The first-order valence-corrected chi connectivity index (χ1v) is 12.4. The van der Waals surface area contributed by atoms with Crippen molar-refractivity contribution in [1.82, 2.24) is 14.1 Å². The van der Waals surface area contributed by atoms with Crippen molar-refractivity contribution < 1.29 is 13.2 Å². The second-order valence-electron chi connectivity index (χ2n) is 8.36. The van der Waals surface area contributed by atoms with E-state index in [4.69, 9.17) is 0 Å². The van der Waals surface area contributed by atoms with E-state index in [0.717, 1.165) is 36.7 Å². The van der Waals surface area contributed by atoms with Gasteiger partial charge in [-0.1, -0.05) is 43.2 Å². The number of amides is 1. The molecular formula is C23H31N3O3S. The van der Waals surface area contributed by atoms with Crippen LogP contribution in [0.1, 0.15) is 32.6 Å². The molecule has 0 aliphatic carbocycles. The maximum absolute atomic E-state index is 13.2. The van der Waals surface area contributed by atoms with E-state index in [-0.39, 0.29) is 11.9 Å². The first-order chi connectivity index (χ1) is 14.5. The Labute approximate surface area is 179 Å². The molecule has 1 atom stereocenters. The topological polar surface area (TPSA) is 60.9 Å². The number of benzene rings is 2. The number of hydrogen-bond acceptors (Lipinski definition) is 4. The van der Waals surface area contributed by atoms with E-state index in [1.165, 1.54) is 12.8 Å². The van der Waals surface area contributed by atoms with E-state index < -0.39 is 10.0 Å². The fourth-order valence-corrected chi connectivity index (χ4v) is 5.98. The lowest BCUT2D eigenvalue weighted by atomic mass is 10.1. The van der Waals surface area contributed by atoms with Crippen molar-refractivity contribution in [2.45, 2.75) is 43.5 Å². The summed E-state index contributed by atoms with van der Waals surface area (Å²) in [5, 5.41) is 1.95. The van der Waals surface area contributed by atoms with E-state index in [2.05, 4.69) is 4.90 Å². The summed E-state index contributed by atoms with van der Waals surface area (Å²) >= 11 is 0. The Balaban J connectivity index is 1.41. The minimum absolute atomic E-state index is 0.183. The average Bonchev–Trinajstić information content (AvgIpc) is 3.07. The summed E-state index contributed by atoms with van der Waals surface area (Å²) < 4.78 is 27.9. The van der Waals surface area contributed by atoms with Crippen molar-refractivity contribution >= 4 is 26.7 Å². The molecule has 4 rings (SSSR count). The highest BCUT2D eigenvalue weighted by atomic mass is 32.2. The molecule has 0 bridgehead atoms. The molecule has 0 radical (unpaired) electrons. The number of sulfonamides is 1. The zero-order chi connectivity index (χ0) is 21.1. The summed E-state index contributed by atoms with van der Waals surface area (Å²) in [6.07, 6.45) is 4.55. The van der Waals surface area contributed by atoms with Crippen molar-refractivity contribution in [3.63, 3.8) is 0 Å². The molecule has 2 aliphatic rings. The predicted octanol–water partition coefficient (Wildman–Crippen LogP) is 2.94. The molecule has 1 amide bonds. The quantitative estimate of drug-likeness (QED) is 0.750. The van der Waals surface area contributed by atoms with Gasteiger partial charge in [-0.2, -0.15) is 4.31 Å². The third-order valence-corrected chi connectivity index (χ3v) is 8.35. The second-order valence-corrected chi connectivity index (χ2v) is 10.3. The van der Waals surface area contributed by atoms with Gasteiger partial charge in [-0.15, -0.1) is 0 Å². The van der Waals surface area contributed by atoms with Crippen LogP contribution in [0.25, 0.3) is 10.8 Å². The first kappa shape index (κ1) is 21.3. The van der Waals surface area contributed by atoms with Crippen LogP contribution >= 0.6 is 0 Å². The highest BCUT2D eigenvalue weighted by Gasteiger charge is 2.33. The van der Waals surface area contributed by atoms with Crippen LogP contribution in [0.3, 0.4) is 0 Å². The molecule has 7 heteroatoms. The van der Waals surface area contributed by atoms with E-state index in [9.17, 15) is 13.2 Å². The van der Waals surface area contributed by atoms with Crippen molar-refractivity contribution in [1.29, 1.82) is 0 Å². The highest BCUT2D eigenvalue weighted by molar-refractivity contribution is 7.89. The number of nitrogens with zero attached hydrogens (tertiary/aromatic N) is 3. The third-order valence-electron chi connectivity index (χ3n) is 6.45. The van der Waals surface area contributed by atoms with Crippen molar-refractivity contribution in [3.05, 3.63) is 42.5 Å². The summed E-state index contributed by atoms with van der Waals surface area (Å²) in [7, 11) is -3.54. The summed E-state index contributed by atoms with van der Waals surface area (Å²) in [5.41, 5.74) is 0. The van der Waals surface area contributed by atoms with Crippen LogP contribution in [0.2, 0.25) is 0 Å². The lowest BCUT2D eigenvalue weighted by molar-refractivity contribution is -0.136. The Morgan fingerprint density at radius 3 is 2.13 bits per heavy atom. The number of carbonyl (C=O) groups is 1. The van der Waals surface area contributed by atoms with Gasteiger partial charge in [0.25, 0.3) is 0 Å². The Hall–Kier alpha value is -1.96. The van der Waals surface area contributed by atoms with Crippen LogP contribution < -0.4 is 0 Å². The van der Waals surface area contributed by atoms with E-state index >= 15 is 0 Å². The number of carbonyl (C=O) groups excluding carboxylic acids is 1. The molecule has 2 aromatic carbocycles. The largest absolute Gasteiger partial charge is 0.341 e. The highest BCUT2D eigenvalue weighted by Crippen LogP contribution is 2.23. The van der Waals surface area contributed by atoms with Crippen LogP contribution in [0.5, 0.6) is 0 Å². The molecule has 2 aromatic rings. The van der Waals surface area contributed by atoms with Gasteiger partial charge in [-0.05, 0) is 42.7 Å². The van der Waals surface area contributed by atoms with Crippen LogP contribution in [-0.2, 0) is 14.8 Å². The van der Waals surface area contributed by atoms with Gasteiger partial charge in [-0.3, -0.25) is 9.69 Å². The van der Waals surface area contributed by atoms with Gasteiger partial charge >= 0.3 is 0 Å². The van der Waals surface area contributed by atoms with Gasteiger partial charge in [0.15, 0.2) is 0 Å². The van der Waals surface area contributed by atoms with Gasteiger partial charge in [-0.25, -0.2) is 8.42 Å². The van der Waals surface area contributed by atoms with Gasteiger partial charge < -0.3 is 4.90 Å². The average molecular weight is 430 g/mol. The van der Waals surface area contributed by atoms with Crippen LogP contribution in [0, 0.1) is 0 Å². The smallest absolute Gasteiger partial charge is 0.243 e. The number of hydrogen-bond donors (Lipinski definition) is 0. The monoisotopic (exact) mass is 429 g/mol. The van der Waals surface area contributed by atoms with Crippen LogP contribution in [0.4, 0.5) is 0 Å². The molecule has 2 fully saturated rings. The Kier molecular flexibility index (Phi) is 6.41. The van der Waals surface area contributed by atoms with Gasteiger partial charge in [0.1, 0.15) is 0 Å². The van der Waals surface area contributed by atoms with Crippen molar-refractivity contribution in [2.24, 2.45) is 0 Å². The number of rotatable bonds is 4. The molecule has 0 aromatic heterocycles. The Morgan fingerprint density at radius 2 is 1.47 bits per heavy atom. The van der Waals surface area contributed by atoms with E-state index in [1.807, 2.05) is 42.2 Å². The van der Waals surface area contributed by atoms with E-state index in [0.29, 0.717) is 31.1 Å². The SMILES string of the molecule is C[C@H](C(=O)N1CCCCCC1)N1CCN(S(=O)(=O)c2ccc3ccccc3c2)CC1. The standard InChI is InChI=1S/C23H31N3O3S/c1-19(23(27)25-12-6-2-3-7-13-25)24-14-16-26(17-15-24)30(28,29)22-11-10-20-8-4-5-9-21(20)18-22/h4-5,8-11,18-19H,2-3,6-7,12-17H2,1H3/t19-/m1/s1. The summed E-state index contributed by atoms with van der Waals surface area (Å²) in [6.45, 7) is 5.63. The lowest BCUT2D eigenvalue weighted by Gasteiger charge is -2.38. The zero-order valence-corrected chi connectivity index (χ0v) is 18.5. The van der Waals surface area contributed by atoms with Gasteiger partial charge in [0.2, 0.25) is 15.9 Å². The minimum atomic E-state index is -3.54. The minimum Gasteiger partial charge on any atom is -0.341 e. The summed E-state index contributed by atoms with van der Waals surface area (Å²) in [6, 6.07) is 12.9. The lowest BCUT2D eigenvalue weighted by Crippen LogP contribution is -2.55. The van der Waals surface area contributed by atoms with E-state index in [1.54, 1.807) is 16.4 Å². The fraction of sp³-hybridized carbons (Fsp3) is 0.522. The molecular weight excluding hydrogens is 398 g/mol. The summed E-state index contributed by atoms with van der Waals surface area (Å²) in [5.74, 6) is 0.183. The third kappa shape index (κ3) is 4.38. The Bertz CT molecular complexity index is 992. The molecule has 0 N–H and O–H groups in total. The number of fused-ring (bicyclic) bond motifs is 1. The zero-order valence-electron chi connectivity index (χ0n) is 17.7. The second kappa shape index (κ2) is 9.04. The summed E-state index contributed by atoms with van der Waals surface area (Å²) in [4.78, 5) is 17.4. The van der Waals surface area contributed by atoms with Crippen LogP contribution in [0.15, 0.2) is 47.4 Å². The maximum atomic E-state index is 13.2. The molecule has 0 saturated carbocycles. The number of piperazine rings is 1. The normalized spacial score (nSPS) is 20.8. The molecule has 162 valence electrons. The predicted molar refractivity (Wildman–Crippen MR) is 119 cm³/mol. The van der Waals surface area contributed by atoms with Crippen molar-refractivity contribution in [2.75, 3.05) is 39.3 Å². The van der Waals surface area contributed by atoms with Crippen molar-refractivity contribution in [3.8, 4) is 0 Å². The molecule has 30 heavy (non-hydrogen) atoms. The number of likely N-dealkylation sites (tertiary alicyclic amines) is 1. The maximum Gasteiger partial charge on any atom is 0.243 e.